The number of hydrogen-bond acceptors (Lipinski definition) is 4. The summed E-state index contributed by atoms with van der Waals surface area (Å²) in [5.41, 5.74) is 3.25. The third-order valence-corrected chi connectivity index (χ3v) is 8.67. The van der Waals surface area contributed by atoms with E-state index < -0.39 is 0 Å². The number of rotatable bonds is 14. The maximum absolute atomic E-state index is 10.8. The summed E-state index contributed by atoms with van der Waals surface area (Å²) in [4.78, 5) is 2.38. The zero-order valence-electron chi connectivity index (χ0n) is 24.3. The molecule has 1 aromatic carbocycles. The van der Waals surface area contributed by atoms with Crippen LogP contribution in [0.4, 0.5) is 0 Å². The van der Waals surface area contributed by atoms with Crippen LogP contribution < -0.4 is 4.74 Å². The molecule has 0 radical (unpaired) electrons. The van der Waals surface area contributed by atoms with Crippen molar-refractivity contribution in [3.8, 4) is 11.5 Å². The van der Waals surface area contributed by atoms with Crippen molar-refractivity contribution in [2.24, 2.45) is 17.8 Å². The highest BCUT2D eigenvalue weighted by atomic mass is 16.5. The molecule has 0 bridgehead atoms. The van der Waals surface area contributed by atoms with E-state index in [-0.39, 0.29) is 5.60 Å². The topological polar surface area (TPSA) is 41.9 Å². The fourth-order valence-electron chi connectivity index (χ4n) is 6.12. The van der Waals surface area contributed by atoms with Gasteiger partial charge in [0, 0.05) is 30.8 Å². The first-order valence-electron chi connectivity index (χ1n) is 15.0. The highest BCUT2D eigenvalue weighted by molar-refractivity contribution is 5.54. The van der Waals surface area contributed by atoms with Crippen LogP contribution >= 0.6 is 0 Å². The van der Waals surface area contributed by atoms with E-state index in [1.54, 1.807) is 0 Å². The molecule has 0 amide bonds. The summed E-state index contributed by atoms with van der Waals surface area (Å²) in [5.74, 6) is 3.97. The van der Waals surface area contributed by atoms with E-state index in [1.807, 2.05) is 6.07 Å². The van der Waals surface area contributed by atoms with Crippen LogP contribution in [0.5, 0.6) is 11.5 Å². The van der Waals surface area contributed by atoms with Crippen LogP contribution in [-0.2, 0) is 17.7 Å². The van der Waals surface area contributed by atoms with Gasteiger partial charge in [0.1, 0.15) is 17.1 Å². The van der Waals surface area contributed by atoms with Crippen molar-refractivity contribution in [2.75, 3.05) is 26.3 Å². The lowest BCUT2D eigenvalue weighted by Gasteiger charge is -2.38. The molecule has 2 aliphatic heterocycles. The molecule has 0 saturated carbocycles. The van der Waals surface area contributed by atoms with E-state index in [1.165, 1.54) is 56.9 Å². The summed E-state index contributed by atoms with van der Waals surface area (Å²) in [5, 5.41) is 10.8. The van der Waals surface area contributed by atoms with E-state index in [2.05, 4.69) is 46.4 Å². The second kappa shape index (κ2) is 14.0. The molecular weight excluding hydrogens is 446 g/mol. The quantitative estimate of drug-likeness (QED) is 0.280. The molecule has 0 unspecified atom stereocenters. The van der Waals surface area contributed by atoms with Crippen LogP contribution in [0.3, 0.4) is 0 Å². The molecule has 0 aromatic heterocycles. The second-order valence-electron chi connectivity index (χ2n) is 12.8. The molecule has 36 heavy (non-hydrogen) atoms. The summed E-state index contributed by atoms with van der Waals surface area (Å²) in [6.07, 6.45) is 13.9. The van der Waals surface area contributed by atoms with Crippen molar-refractivity contribution in [1.82, 2.24) is 4.90 Å². The first-order valence-corrected chi connectivity index (χ1v) is 15.0. The molecule has 1 saturated heterocycles. The van der Waals surface area contributed by atoms with Gasteiger partial charge in [-0.2, -0.15) is 0 Å². The van der Waals surface area contributed by atoms with Crippen molar-refractivity contribution in [1.29, 1.82) is 0 Å². The fraction of sp³-hybridized carbons (Fsp3) is 0.812. The summed E-state index contributed by atoms with van der Waals surface area (Å²) >= 11 is 0. The van der Waals surface area contributed by atoms with Gasteiger partial charge in [-0.3, -0.25) is 4.90 Å². The predicted octanol–water partition coefficient (Wildman–Crippen LogP) is 8.06. The zero-order chi connectivity index (χ0) is 26.1. The van der Waals surface area contributed by atoms with Gasteiger partial charge in [0.05, 0.1) is 13.2 Å². The maximum atomic E-state index is 10.8. The van der Waals surface area contributed by atoms with E-state index in [9.17, 15) is 5.11 Å². The minimum atomic E-state index is -0.102. The molecule has 0 aliphatic carbocycles. The van der Waals surface area contributed by atoms with Gasteiger partial charge < -0.3 is 14.6 Å². The smallest absolute Gasteiger partial charge is 0.126 e. The van der Waals surface area contributed by atoms with Gasteiger partial charge in [-0.1, -0.05) is 72.6 Å². The van der Waals surface area contributed by atoms with E-state index in [0.717, 1.165) is 86.7 Å². The van der Waals surface area contributed by atoms with Crippen molar-refractivity contribution in [3.05, 3.63) is 22.8 Å². The average Bonchev–Trinajstić information content (AvgIpc) is 2.82. The van der Waals surface area contributed by atoms with Crippen LogP contribution in [0.15, 0.2) is 6.07 Å². The van der Waals surface area contributed by atoms with Gasteiger partial charge in [-0.25, -0.2) is 0 Å². The monoisotopic (exact) mass is 501 g/mol. The minimum Gasteiger partial charge on any atom is -0.508 e. The lowest BCUT2D eigenvalue weighted by molar-refractivity contribution is 0.0325. The summed E-state index contributed by atoms with van der Waals surface area (Å²) < 4.78 is 12.2. The molecule has 1 fully saturated rings. The molecule has 2 aliphatic rings. The number of aromatic hydroxyl groups is 1. The van der Waals surface area contributed by atoms with Crippen LogP contribution in [0.2, 0.25) is 0 Å². The van der Waals surface area contributed by atoms with E-state index >= 15 is 0 Å². The van der Waals surface area contributed by atoms with Crippen LogP contribution in [-0.4, -0.2) is 41.9 Å². The number of phenols is 1. The summed E-state index contributed by atoms with van der Waals surface area (Å²) in [7, 11) is 0. The largest absolute Gasteiger partial charge is 0.508 e. The van der Waals surface area contributed by atoms with Crippen molar-refractivity contribution < 1.29 is 14.6 Å². The molecule has 4 heteroatoms. The van der Waals surface area contributed by atoms with Gasteiger partial charge in [-0.05, 0) is 68.9 Å². The van der Waals surface area contributed by atoms with Crippen LogP contribution in [0, 0.1) is 24.7 Å². The highest BCUT2D eigenvalue weighted by Gasteiger charge is 2.34. The Morgan fingerprint density at radius 3 is 2.19 bits per heavy atom. The van der Waals surface area contributed by atoms with Crippen molar-refractivity contribution in [3.63, 3.8) is 0 Å². The Morgan fingerprint density at radius 1 is 0.944 bits per heavy atom. The molecule has 3 rings (SSSR count). The van der Waals surface area contributed by atoms with Crippen molar-refractivity contribution in [2.45, 2.75) is 124 Å². The first kappa shape index (κ1) is 29.3. The predicted molar refractivity (Wildman–Crippen MR) is 151 cm³/mol. The number of hydrogen-bond donors (Lipinski definition) is 1. The number of phenolic OH excluding ortho intramolecular Hbond substituents is 1. The lowest BCUT2D eigenvalue weighted by atomic mass is 9.84. The third-order valence-electron chi connectivity index (χ3n) is 8.67. The minimum absolute atomic E-state index is 0.102. The standard InChI is InChI=1S/C32H55NO3/c1-24(2)10-7-11-25(3)12-8-13-26(4)14-9-16-32(6)17-15-28-29(23-33-18-20-35-21-19-33)30(34)22-27(5)31(28)36-32/h22,24-26,34H,7-21,23H2,1-6H3/t25-,26-,32-/m1/s1. The number of aryl methyl sites for hydroxylation is 1. The maximum Gasteiger partial charge on any atom is 0.126 e. The molecule has 1 N–H and O–H groups in total. The molecule has 4 nitrogen and oxygen atoms in total. The summed E-state index contributed by atoms with van der Waals surface area (Å²) in [6.45, 7) is 18.1. The average molecular weight is 502 g/mol. The Hall–Kier alpha value is -1.26. The number of benzene rings is 1. The number of fused-ring (bicyclic) bond motifs is 1. The first-order chi connectivity index (χ1) is 17.2. The van der Waals surface area contributed by atoms with Gasteiger partial charge in [0.15, 0.2) is 0 Å². The van der Waals surface area contributed by atoms with Crippen LogP contribution in [0.25, 0.3) is 0 Å². The Labute approximate surface area is 222 Å². The van der Waals surface area contributed by atoms with Gasteiger partial charge in [-0.15, -0.1) is 0 Å². The third kappa shape index (κ3) is 8.94. The van der Waals surface area contributed by atoms with E-state index in [4.69, 9.17) is 9.47 Å². The molecule has 1 aromatic rings. The second-order valence-corrected chi connectivity index (χ2v) is 12.8. The molecular formula is C32H55NO3. The fourth-order valence-corrected chi connectivity index (χ4v) is 6.12. The number of nitrogens with zero attached hydrogens (tertiary/aromatic N) is 1. The Balaban J connectivity index is 1.44. The Morgan fingerprint density at radius 2 is 1.56 bits per heavy atom. The van der Waals surface area contributed by atoms with Gasteiger partial charge in [0.2, 0.25) is 0 Å². The van der Waals surface area contributed by atoms with Gasteiger partial charge >= 0.3 is 0 Å². The van der Waals surface area contributed by atoms with E-state index in [0.29, 0.717) is 5.75 Å². The highest BCUT2D eigenvalue weighted by Crippen LogP contribution is 2.43. The number of ether oxygens (including phenoxy) is 2. The molecule has 3 atom stereocenters. The Kier molecular flexibility index (Phi) is 11.4. The normalized spacial score (nSPS) is 22.3. The van der Waals surface area contributed by atoms with Gasteiger partial charge in [0.25, 0.3) is 0 Å². The number of morpholine rings is 1. The lowest BCUT2D eigenvalue weighted by Crippen LogP contribution is -2.38. The SMILES string of the molecule is Cc1cc(O)c(CN2CCOCC2)c2c1O[C@](C)(CCC[C@H](C)CCC[C@H](C)CCCC(C)C)CC2. The molecule has 206 valence electrons. The molecule has 0 spiro atoms. The van der Waals surface area contributed by atoms with Crippen molar-refractivity contribution >= 4 is 0 Å². The van der Waals surface area contributed by atoms with Crippen LogP contribution in [0.1, 0.15) is 116 Å². The summed E-state index contributed by atoms with van der Waals surface area (Å²) in [6, 6.07) is 1.91. The zero-order valence-corrected chi connectivity index (χ0v) is 24.3. The Bertz CT molecular complexity index is 801. The molecule has 2 heterocycles.